The summed E-state index contributed by atoms with van der Waals surface area (Å²) in [6.07, 6.45) is 3.62. The summed E-state index contributed by atoms with van der Waals surface area (Å²) in [5, 5.41) is 3.08. The highest BCUT2D eigenvalue weighted by Gasteiger charge is 2.13. The third-order valence-electron chi connectivity index (χ3n) is 1.92. The third-order valence-corrected chi connectivity index (χ3v) is 3.79. The van der Waals surface area contributed by atoms with Crippen LogP contribution in [0.3, 0.4) is 0 Å². The molecule has 0 fully saturated rings. The maximum Gasteiger partial charge on any atom is 0.147 e. The van der Waals surface area contributed by atoms with E-state index >= 15 is 0 Å². The topological polar surface area (TPSA) is 59.1 Å². The van der Waals surface area contributed by atoms with E-state index in [1.54, 1.807) is 11.7 Å². The van der Waals surface area contributed by atoms with Gasteiger partial charge in [-0.3, -0.25) is 4.98 Å². The van der Waals surface area contributed by atoms with Crippen LogP contribution in [-0.2, 0) is 9.84 Å². The fraction of sp³-hybridized carbons (Fsp3) is 0.625. The van der Waals surface area contributed by atoms with Crippen molar-refractivity contribution in [3.05, 3.63) is 16.6 Å². The molecule has 0 aliphatic rings. The number of rotatable bonds is 5. The highest BCUT2D eigenvalue weighted by Crippen LogP contribution is 2.20. The molecule has 0 aliphatic heterocycles. The van der Waals surface area contributed by atoms with Crippen LogP contribution < -0.4 is 5.32 Å². The first kappa shape index (κ1) is 11.6. The largest absolute Gasteiger partial charge is 0.312 e. The van der Waals surface area contributed by atoms with Crippen LogP contribution >= 0.6 is 11.3 Å². The highest BCUT2D eigenvalue weighted by atomic mass is 32.2. The fourth-order valence-corrected chi connectivity index (χ4v) is 2.59. The molecule has 0 bridgehead atoms. The molecule has 1 N–H and O–H groups in total. The van der Waals surface area contributed by atoms with Crippen molar-refractivity contribution >= 4 is 21.2 Å². The van der Waals surface area contributed by atoms with Crippen LogP contribution in [0.5, 0.6) is 0 Å². The van der Waals surface area contributed by atoms with Gasteiger partial charge in [-0.2, -0.15) is 0 Å². The molecule has 1 heterocycles. The lowest BCUT2D eigenvalue weighted by Crippen LogP contribution is -2.18. The van der Waals surface area contributed by atoms with Gasteiger partial charge in [0.2, 0.25) is 0 Å². The summed E-state index contributed by atoms with van der Waals surface area (Å²) in [5.41, 5.74) is 1.75. The molecule has 1 aromatic rings. The minimum Gasteiger partial charge on any atom is -0.312 e. The number of thiazole rings is 1. The van der Waals surface area contributed by atoms with Crippen LogP contribution in [0.4, 0.5) is 0 Å². The summed E-state index contributed by atoms with van der Waals surface area (Å²) in [5.74, 6) is 0.205. The molecule has 1 atom stereocenters. The lowest BCUT2D eigenvalue weighted by Gasteiger charge is -2.12. The molecule has 0 spiro atoms. The van der Waals surface area contributed by atoms with Gasteiger partial charge in [-0.1, -0.05) is 0 Å². The van der Waals surface area contributed by atoms with E-state index in [0.717, 1.165) is 4.88 Å². The summed E-state index contributed by atoms with van der Waals surface area (Å²) in [7, 11) is -1.05. The first-order chi connectivity index (χ1) is 6.53. The summed E-state index contributed by atoms with van der Waals surface area (Å²) >= 11 is 1.54. The van der Waals surface area contributed by atoms with E-state index < -0.39 is 9.84 Å². The van der Waals surface area contributed by atoms with Crippen LogP contribution in [0.25, 0.3) is 0 Å². The molecule has 1 unspecified atom stereocenters. The van der Waals surface area contributed by atoms with E-state index in [1.165, 1.54) is 17.6 Å². The van der Waals surface area contributed by atoms with Crippen LogP contribution in [0.1, 0.15) is 17.3 Å². The minimum atomic E-state index is -2.88. The first-order valence-electron chi connectivity index (χ1n) is 4.26. The lowest BCUT2D eigenvalue weighted by atomic mass is 10.2. The van der Waals surface area contributed by atoms with Gasteiger partial charge in [-0.25, -0.2) is 8.42 Å². The van der Waals surface area contributed by atoms with Gasteiger partial charge in [0.25, 0.3) is 0 Å². The van der Waals surface area contributed by atoms with E-state index in [4.69, 9.17) is 0 Å². The Morgan fingerprint density at radius 2 is 2.36 bits per heavy atom. The van der Waals surface area contributed by atoms with Gasteiger partial charge in [0, 0.05) is 23.4 Å². The van der Waals surface area contributed by atoms with E-state index in [0.29, 0.717) is 6.42 Å². The van der Waals surface area contributed by atoms with Gasteiger partial charge in [0.15, 0.2) is 0 Å². The van der Waals surface area contributed by atoms with Crippen molar-refractivity contribution in [2.75, 3.05) is 19.1 Å². The lowest BCUT2D eigenvalue weighted by molar-refractivity contribution is 0.564. The van der Waals surface area contributed by atoms with Crippen molar-refractivity contribution in [2.45, 2.75) is 12.5 Å². The molecule has 6 heteroatoms. The average Bonchev–Trinajstić information content (AvgIpc) is 2.56. The summed E-state index contributed by atoms with van der Waals surface area (Å²) in [6, 6.07) is 0.0947. The molecule has 0 saturated heterocycles. The molecular weight excluding hydrogens is 220 g/mol. The molecule has 0 radical (unpaired) electrons. The van der Waals surface area contributed by atoms with E-state index in [2.05, 4.69) is 10.3 Å². The Bertz CT molecular complexity index is 359. The van der Waals surface area contributed by atoms with Crippen molar-refractivity contribution < 1.29 is 8.42 Å². The molecule has 0 saturated carbocycles. The van der Waals surface area contributed by atoms with Crippen molar-refractivity contribution in [1.82, 2.24) is 10.3 Å². The van der Waals surface area contributed by atoms with Gasteiger partial charge < -0.3 is 5.32 Å². The number of sulfone groups is 1. The van der Waals surface area contributed by atoms with Gasteiger partial charge in [-0.05, 0) is 13.5 Å². The van der Waals surface area contributed by atoms with Crippen molar-refractivity contribution in [2.24, 2.45) is 0 Å². The fourth-order valence-electron chi connectivity index (χ4n) is 1.16. The Balaban J connectivity index is 2.57. The Morgan fingerprint density at radius 3 is 2.79 bits per heavy atom. The number of aromatic nitrogens is 1. The molecule has 1 rings (SSSR count). The zero-order chi connectivity index (χ0) is 10.6. The van der Waals surface area contributed by atoms with E-state index in [9.17, 15) is 8.42 Å². The molecule has 1 aromatic heterocycles. The summed E-state index contributed by atoms with van der Waals surface area (Å²) < 4.78 is 22.0. The van der Waals surface area contributed by atoms with Crippen molar-refractivity contribution in [1.29, 1.82) is 0 Å². The summed E-state index contributed by atoms with van der Waals surface area (Å²) in [4.78, 5) is 5.04. The van der Waals surface area contributed by atoms with Gasteiger partial charge in [0.1, 0.15) is 9.84 Å². The number of nitrogens with one attached hydrogen (secondary N) is 1. The smallest absolute Gasteiger partial charge is 0.147 e. The van der Waals surface area contributed by atoms with Crippen molar-refractivity contribution in [3.63, 3.8) is 0 Å². The SMILES string of the molecule is CNC(CCS(C)(=O)=O)c1cncs1. The molecule has 0 aliphatic carbocycles. The summed E-state index contributed by atoms with van der Waals surface area (Å²) in [6.45, 7) is 0. The zero-order valence-corrected chi connectivity index (χ0v) is 9.86. The predicted octanol–water partition coefficient (Wildman–Crippen LogP) is 0.838. The zero-order valence-electron chi connectivity index (χ0n) is 8.23. The van der Waals surface area contributed by atoms with Crippen LogP contribution in [0.2, 0.25) is 0 Å². The number of hydrogen-bond donors (Lipinski definition) is 1. The Hall–Kier alpha value is -0.460. The standard InChI is InChI=1S/C8H14N2O2S2/c1-9-7(3-4-14(2,11)12)8-5-10-6-13-8/h5-7,9H,3-4H2,1-2H3. The first-order valence-corrected chi connectivity index (χ1v) is 7.20. The maximum absolute atomic E-state index is 11.0. The molecule has 80 valence electrons. The Kier molecular flexibility index (Phi) is 4.03. The van der Waals surface area contributed by atoms with Crippen LogP contribution in [-0.4, -0.2) is 32.5 Å². The minimum absolute atomic E-state index is 0.0947. The quantitative estimate of drug-likeness (QED) is 0.820. The second kappa shape index (κ2) is 4.86. The maximum atomic E-state index is 11.0. The van der Waals surface area contributed by atoms with Crippen LogP contribution in [0, 0.1) is 0 Å². The van der Waals surface area contributed by atoms with Crippen molar-refractivity contribution in [3.8, 4) is 0 Å². The molecular formula is C8H14N2O2S2. The monoisotopic (exact) mass is 234 g/mol. The third kappa shape index (κ3) is 3.73. The second-order valence-electron chi connectivity index (χ2n) is 3.16. The molecule has 0 aromatic carbocycles. The number of nitrogens with zero attached hydrogens (tertiary/aromatic N) is 1. The predicted molar refractivity (Wildman–Crippen MR) is 58.2 cm³/mol. The Morgan fingerprint density at radius 1 is 1.64 bits per heavy atom. The molecule has 14 heavy (non-hydrogen) atoms. The van der Waals surface area contributed by atoms with Gasteiger partial charge in [0.05, 0.1) is 11.3 Å². The molecule has 4 nitrogen and oxygen atoms in total. The van der Waals surface area contributed by atoms with E-state index in [-0.39, 0.29) is 11.8 Å². The molecule has 0 amide bonds. The second-order valence-corrected chi connectivity index (χ2v) is 6.34. The van der Waals surface area contributed by atoms with Gasteiger partial charge >= 0.3 is 0 Å². The average molecular weight is 234 g/mol. The highest BCUT2D eigenvalue weighted by molar-refractivity contribution is 7.90. The Labute approximate surface area is 88.3 Å². The van der Waals surface area contributed by atoms with E-state index in [1.807, 2.05) is 7.05 Å². The normalized spacial score (nSPS) is 14.1. The number of hydrogen-bond acceptors (Lipinski definition) is 5. The van der Waals surface area contributed by atoms with Gasteiger partial charge in [-0.15, -0.1) is 11.3 Å². The van der Waals surface area contributed by atoms with Crippen LogP contribution in [0.15, 0.2) is 11.7 Å².